The van der Waals surface area contributed by atoms with E-state index in [9.17, 15) is 4.79 Å². The molecule has 0 aliphatic rings. The third-order valence-corrected chi connectivity index (χ3v) is 3.94. The lowest BCUT2D eigenvalue weighted by atomic mass is 10.2. The molecule has 26 heavy (non-hydrogen) atoms. The molecule has 4 nitrogen and oxygen atoms in total. The summed E-state index contributed by atoms with van der Waals surface area (Å²) in [6.45, 7) is 0. The molecule has 3 aromatic carbocycles. The molecule has 0 spiro atoms. The summed E-state index contributed by atoms with van der Waals surface area (Å²) in [6.07, 6.45) is 1.70. The second kappa shape index (κ2) is 8.32. The minimum Gasteiger partial charge on any atom is -0.497 e. The van der Waals surface area contributed by atoms with E-state index in [4.69, 9.17) is 21.1 Å². The first kappa shape index (κ1) is 17.7. The maximum Gasteiger partial charge on any atom is 0.343 e. The van der Waals surface area contributed by atoms with Crippen LogP contribution in [0.5, 0.6) is 11.5 Å². The summed E-state index contributed by atoms with van der Waals surface area (Å²) in [6, 6.07) is 21.2. The quantitative estimate of drug-likeness (QED) is 0.349. The first-order valence-corrected chi connectivity index (χ1v) is 8.28. The van der Waals surface area contributed by atoms with Crippen LogP contribution in [-0.2, 0) is 0 Å². The van der Waals surface area contributed by atoms with Crippen molar-refractivity contribution in [3.05, 3.63) is 88.9 Å². The van der Waals surface area contributed by atoms with Gasteiger partial charge in [0.1, 0.15) is 11.5 Å². The molecule has 0 saturated carbocycles. The van der Waals surface area contributed by atoms with Crippen molar-refractivity contribution in [1.29, 1.82) is 0 Å². The van der Waals surface area contributed by atoms with Gasteiger partial charge in [-0.15, -0.1) is 0 Å². The summed E-state index contributed by atoms with van der Waals surface area (Å²) in [7, 11) is 1.57. The van der Waals surface area contributed by atoms with E-state index in [2.05, 4.69) is 4.99 Å². The molecule has 0 fully saturated rings. The van der Waals surface area contributed by atoms with E-state index < -0.39 is 5.97 Å². The number of para-hydroxylation sites is 1. The number of hydrogen-bond donors (Lipinski definition) is 0. The lowest BCUT2D eigenvalue weighted by Crippen LogP contribution is -2.08. The SMILES string of the molecule is COc1ccc(C(=O)Oc2ccc(C=Nc3ccccc3Cl)cc2)cc1. The number of halogens is 1. The second-order valence-corrected chi connectivity index (χ2v) is 5.80. The predicted molar refractivity (Wildman–Crippen MR) is 103 cm³/mol. The van der Waals surface area contributed by atoms with Crippen LogP contribution in [0.1, 0.15) is 15.9 Å². The highest BCUT2D eigenvalue weighted by molar-refractivity contribution is 6.33. The lowest BCUT2D eigenvalue weighted by molar-refractivity contribution is 0.0734. The topological polar surface area (TPSA) is 47.9 Å². The Bertz CT molecular complexity index is 919. The van der Waals surface area contributed by atoms with E-state index in [0.29, 0.717) is 27.8 Å². The smallest absolute Gasteiger partial charge is 0.343 e. The molecular weight excluding hydrogens is 350 g/mol. The molecule has 3 rings (SSSR count). The maximum absolute atomic E-state index is 12.1. The minimum absolute atomic E-state index is 0.426. The van der Waals surface area contributed by atoms with Gasteiger partial charge in [-0.2, -0.15) is 0 Å². The Labute approximate surface area is 156 Å². The van der Waals surface area contributed by atoms with Crippen LogP contribution in [0.15, 0.2) is 77.8 Å². The zero-order chi connectivity index (χ0) is 18.4. The van der Waals surface area contributed by atoms with E-state index >= 15 is 0 Å². The highest BCUT2D eigenvalue weighted by Gasteiger charge is 2.08. The molecule has 0 saturated heterocycles. The Morgan fingerprint density at radius 3 is 2.23 bits per heavy atom. The van der Waals surface area contributed by atoms with Gasteiger partial charge in [0.05, 0.1) is 23.4 Å². The molecule has 0 bridgehead atoms. The Kier molecular flexibility index (Phi) is 5.66. The van der Waals surface area contributed by atoms with Crippen molar-refractivity contribution < 1.29 is 14.3 Å². The van der Waals surface area contributed by atoms with Gasteiger partial charge in [-0.3, -0.25) is 4.99 Å². The number of methoxy groups -OCH3 is 1. The summed E-state index contributed by atoms with van der Waals surface area (Å²) in [4.78, 5) is 16.5. The molecule has 0 heterocycles. The molecule has 130 valence electrons. The molecule has 0 aromatic heterocycles. The molecule has 0 aliphatic carbocycles. The van der Waals surface area contributed by atoms with Gasteiger partial charge >= 0.3 is 5.97 Å². The molecule has 3 aromatic rings. The number of aliphatic imine (C=N–C) groups is 1. The van der Waals surface area contributed by atoms with Crippen molar-refractivity contribution in [3.8, 4) is 11.5 Å². The zero-order valence-corrected chi connectivity index (χ0v) is 14.8. The number of benzene rings is 3. The number of esters is 1. The number of rotatable bonds is 5. The maximum atomic E-state index is 12.1. The number of ether oxygens (including phenoxy) is 2. The van der Waals surface area contributed by atoms with Gasteiger partial charge in [-0.1, -0.05) is 23.7 Å². The summed E-state index contributed by atoms with van der Waals surface area (Å²) >= 11 is 6.07. The van der Waals surface area contributed by atoms with Crippen LogP contribution >= 0.6 is 11.6 Å². The minimum atomic E-state index is -0.426. The number of hydrogen-bond acceptors (Lipinski definition) is 4. The van der Waals surface area contributed by atoms with Crippen molar-refractivity contribution in [2.24, 2.45) is 4.99 Å². The summed E-state index contributed by atoms with van der Waals surface area (Å²) in [5.41, 5.74) is 2.02. The fourth-order valence-electron chi connectivity index (χ4n) is 2.22. The number of carbonyl (C=O) groups is 1. The molecule has 0 unspecified atom stereocenters. The van der Waals surface area contributed by atoms with Gasteiger partial charge in [-0.05, 0) is 66.2 Å². The first-order valence-electron chi connectivity index (χ1n) is 7.90. The molecule has 5 heteroatoms. The molecule has 0 aliphatic heterocycles. The van der Waals surface area contributed by atoms with Crippen molar-refractivity contribution in [1.82, 2.24) is 0 Å². The highest BCUT2D eigenvalue weighted by Crippen LogP contribution is 2.23. The van der Waals surface area contributed by atoms with Crippen LogP contribution in [-0.4, -0.2) is 19.3 Å². The fourth-order valence-corrected chi connectivity index (χ4v) is 2.40. The monoisotopic (exact) mass is 365 g/mol. The van der Waals surface area contributed by atoms with Crippen LogP contribution < -0.4 is 9.47 Å². The van der Waals surface area contributed by atoms with Gasteiger partial charge in [-0.25, -0.2) is 4.79 Å². The van der Waals surface area contributed by atoms with E-state index in [1.807, 2.05) is 30.3 Å². The lowest BCUT2D eigenvalue weighted by Gasteiger charge is -2.05. The van der Waals surface area contributed by atoms with Crippen LogP contribution in [0.4, 0.5) is 5.69 Å². The Balaban J connectivity index is 1.65. The largest absolute Gasteiger partial charge is 0.497 e. The van der Waals surface area contributed by atoms with Crippen LogP contribution in [0.25, 0.3) is 0 Å². The Morgan fingerprint density at radius 2 is 1.58 bits per heavy atom. The normalized spacial score (nSPS) is 10.7. The van der Waals surface area contributed by atoms with E-state index in [0.717, 1.165) is 5.56 Å². The first-order chi connectivity index (χ1) is 12.7. The Hall–Kier alpha value is -3.11. The number of nitrogens with zero attached hydrogens (tertiary/aromatic N) is 1. The van der Waals surface area contributed by atoms with Gasteiger partial charge in [0, 0.05) is 6.21 Å². The summed E-state index contributed by atoms with van der Waals surface area (Å²) in [5, 5.41) is 0.591. The van der Waals surface area contributed by atoms with Crippen LogP contribution in [0.3, 0.4) is 0 Å². The molecule has 0 radical (unpaired) electrons. The zero-order valence-electron chi connectivity index (χ0n) is 14.1. The average molecular weight is 366 g/mol. The van der Waals surface area contributed by atoms with Gasteiger partial charge < -0.3 is 9.47 Å². The van der Waals surface area contributed by atoms with Gasteiger partial charge in [0.15, 0.2) is 0 Å². The second-order valence-electron chi connectivity index (χ2n) is 5.40. The molecule has 0 N–H and O–H groups in total. The highest BCUT2D eigenvalue weighted by atomic mass is 35.5. The van der Waals surface area contributed by atoms with Crippen LogP contribution in [0, 0.1) is 0 Å². The Morgan fingerprint density at radius 1 is 0.923 bits per heavy atom. The number of carbonyl (C=O) groups excluding carboxylic acids is 1. The van der Waals surface area contributed by atoms with E-state index in [-0.39, 0.29) is 0 Å². The van der Waals surface area contributed by atoms with Gasteiger partial charge in [0.25, 0.3) is 0 Å². The molecule has 0 amide bonds. The predicted octanol–water partition coefficient (Wildman–Crippen LogP) is 5.32. The average Bonchev–Trinajstić information content (AvgIpc) is 2.68. The van der Waals surface area contributed by atoms with Crippen molar-refractivity contribution >= 4 is 29.5 Å². The third kappa shape index (κ3) is 4.49. The van der Waals surface area contributed by atoms with Crippen LogP contribution in [0.2, 0.25) is 5.02 Å². The van der Waals surface area contributed by atoms with Crippen molar-refractivity contribution in [3.63, 3.8) is 0 Å². The summed E-state index contributed by atoms with van der Waals surface area (Å²) in [5.74, 6) is 0.717. The van der Waals surface area contributed by atoms with Gasteiger partial charge in [0.2, 0.25) is 0 Å². The standard InChI is InChI=1S/C21H16ClNO3/c1-25-17-12-8-16(9-13-17)21(24)26-18-10-6-15(7-11-18)14-23-20-5-3-2-4-19(20)22/h2-14H,1H3. The van der Waals surface area contributed by atoms with Crippen molar-refractivity contribution in [2.75, 3.05) is 7.11 Å². The third-order valence-electron chi connectivity index (χ3n) is 3.62. The molecular formula is C21H16ClNO3. The van der Waals surface area contributed by atoms with E-state index in [1.54, 1.807) is 55.8 Å². The fraction of sp³-hybridized carbons (Fsp3) is 0.0476. The van der Waals surface area contributed by atoms with Crippen molar-refractivity contribution in [2.45, 2.75) is 0 Å². The van der Waals surface area contributed by atoms with E-state index in [1.165, 1.54) is 0 Å². The molecule has 0 atom stereocenters. The summed E-state index contributed by atoms with van der Waals surface area (Å²) < 4.78 is 10.4.